The highest BCUT2D eigenvalue weighted by Gasteiger charge is 2.08. The minimum atomic E-state index is -1.08. The van der Waals surface area contributed by atoms with E-state index in [-0.39, 0.29) is 6.61 Å². The number of hydrogen-bond donors (Lipinski definition) is 3. The standard InChI is InChI=1S/C13H18N2O4/c1-15(5-6-16)9-10-3-2-4-11(7-10)13(19)14-8-12(17)18/h2-4,7,16H,5-6,8-9H2,1H3,(H,14,19)(H,17,18). The molecule has 0 heterocycles. The van der Waals surface area contributed by atoms with Crippen molar-refractivity contribution >= 4 is 11.9 Å². The summed E-state index contributed by atoms with van der Waals surface area (Å²) in [5.41, 5.74) is 1.36. The highest BCUT2D eigenvalue weighted by Crippen LogP contribution is 2.07. The lowest BCUT2D eigenvalue weighted by atomic mass is 10.1. The van der Waals surface area contributed by atoms with Crippen molar-refractivity contribution in [3.8, 4) is 0 Å². The molecule has 104 valence electrons. The summed E-state index contributed by atoms with van der Waals surface area (Å²) in [5, 5.41) is 19.6. The fraction of sp³-hybridized carbons (Fsp3) is 0.385. The van der Waals surface area contributed by atoms with Gasteiger partial charge < -0.3 is 15.5 Å². The first-order valence-electron chi connectivity index (χ1n) is 5.91. The third-order valence-corrected chi connectivity index (χ3v) is 2.52. The Labute approximate surface area is 111 Å². The lowest BCUT2D eigenvalue weighted by molar-refractivity contribution is -0.135. The number of carboxylic acid groups (broad SMARTS) is 1. The van der Waals surface area contributed by atoms with Crippen LogP contribution in [-0.2, 0) is 11.3 Å². The van der Waals surface area contributed by atoms with Crippen LogP contribution in [0.4, 0.5) is 0 Å². The Bertz CT molecular complexity index is 448. The zero-order valence-corrected chi connectivity index (χ0v) is 10.8. The number of benzene rings is 1. The van der Waals surface area contributed by atoms with Gasteiger partial charge in [0.2, 0.25) is 0 Å². The minimum absolute atomic E-state index is 0.0787. The van der Waals surface area contributed by atoms with E-state index < -0.39 is 18.4 Å². The zero-order valence-electron chi connectivity index (χ0n) is 10.8. The van der Waals surface area contributed by atoms with Crippen molar-refractivity contribution < 1.29 is 19.8 Å². The van der Waals surface area contributed by atoms with E-state index in [4.69, 9.17) is 10.2 Å². The average Bonchev–Trinajstić information content (AvgIpc) is 2.36. The lowest BCUT2D eigenvalue weighted by Crippen LogP contribution is -2.29. The van der Waals surface area contributed by atoms with Crippen LogP contribution in [0.15, 0.2) is 24.3 Å². The lowest BCUT2D eigenvalue weighted by Gasteiger charge is -2.15. The molecule has 0 fully saturated rings. The third kappa shape index (κ3) is 5.50. The molecule has 0 aliphatic heterocycles. The Balaban J connectivity index is 2.65. The first-order chi connectivity index (χ1) is 9.02. The van der Waals surface area contributed by atoms with Crippen molar-refractivity contribution in [3.63, 3.8) is 0 Å². The van der Waals surface area contributed by atoms with Crippen LogP contribution < -0.4 is 5.32 Å². The molecule has 0 atom stereocenters. The summed E-state index contributed by atoms with van der Waals surface area (Å²) in [5.74, 6) is -1.48. The molecule has 0 aliphatic carbocycles. The topological polar surface area (TPSA) is 89.9 Å². The molecule has 1 aromatic carbocycles. The van der Waals surface area contributed by atoms with Crippen molar-refractivity contribution in [3.05, 3.63) is 35.4 Å². The molecule has 0 aromatic heterocycles. The summed E-state index contributed by atoms with van der Waals surface area (Å²) < 4.78 is 0. The smallest absolute Gasteiger partial charge is 0.322 e. The number of aliphatic carboxylic acids is 1. The molecule has 0 bridgehead atoms. The quantitative estimate of drug-likeness (QED) is 0.642. The number of likely N-dealkylation sites (N-methyl/N-ethyl adjacent to an activating group) is 1. The Morgan fingerprint density at radius 1 is 1.37 bits per heavy atom. The molecule has 0 saturated heterocycles. The van der Waals surface area contributed by atoms with Gasteiger partial charge in [-0.2, -0.15) is 0 Å². The van der Waals surface area contributed by atoms with Crippen LogP contribution in [0, 0.1) is 0 Å². The first kappa shape index (κ1) is 15.1. The SMILES string of the molecule is CN(CCO)Cc1cccc(C(=O)NCC(=O)O)c1. The Morgan fingerprint density at radius 3 is 2.74 bits per heavy atom. The van der Waals surface area contributed by atoms with Crippen LogP contribution in [0.1, 0.15) is 15.9 Å². The van der Waals surface area contributed by atoms with Crippen molar-refractivity contribution in [2.45, 2.75) is 6.54 Å². The molecule has 19 heavy (non-hydrogen) atoms. The van der Waals surface area contributed by atoms with Crippen LogP contribution in [-0.4, -0.2) is 53.7 Å². The van der Waals surface area contributed by atoms with Crippen LogP contribution in [0.3, 0.4) is 0 Å². The normalized spacial score (nSPS) is 10.5. The van der Waals surface area contributed by atoms with Gasteiger partial charge in [0.25, 0.3) is 5.91 Å². The van der Waals surface area contributed by atoms with Gasteiger partial charge in [-0.15, -0.1) is 0 Å². The van der Waals surface area contributed by atoms with E-state index in [1.54, 1.807) is 18.2 Å². The third-order valence-electron chi connectivity index (χ3n) is 2.52. The van der Waals surface area contributed by atoms with Crippen LogP contribution in [0.2, 0.25) is 0 Å². The van der Waals surface area contributed by atoms with E-state index in [1.807, 2.05) is 18.0 Å². The highest BCUT2D eigenvalue weighted by molar-refractivity contribution is 5.95. The van der Waals surface area contributed by atoms with E-state index in [2.05, 4.69) is 5.32 Å². The number of rotatable bonds is 7. The molecule has 1 rings (SSSR count). The number of carboxylic acids is 1. The van der Waals surface area contributed by atoms with E-state index >= 15 is 0 Å². The van der Waals surface area contributed by atoms with Gasteiger partial charge in [0, 0.05) is 18.7 Å². The number of aliphatic hydroxyl groups excluding tert-OH is 1. The Kier molecular flexibility index (Phi) is 5.98. The molecule has 0 spiro atoms. The van der Waals surface area contributed by atoms with Crippen molar-refractivity contribution in [1.29, 1.82) is 0 Å². The second-order valence-electron chi connectivity index (χ2n) is 4.24. The van der Waals surface area contributed by atoms with Gasteiger partial charge in [-0.05, 0) is 24.7 Å². The summed E-state index contributed by atoms with van der Waals surface area (Å²) >= 11 is 0. The summed E-state index contributed by atoms with van der Waals surface area (Å²) in [6, 6.07) is 6.97. The van der Waals surface area contributed by atoms with Crippen molar-refractivity contribution in [2.24, 2.45) is 0 Å². The summed E-state index contributed by atoms with van der Waals surface area (Å²) in [6.07, 6.45) is 0. The molecule has 0 aliphatic rings. The van der Waals surface area contributed by atoms with Gasteiger partial charge in [0.05, 0.1) is 6.61 Å². The summed E-state index contributed by atoms with van der Waals surface area (Å²) in [7, 11) is 1.87. The van der Waals surface area contributed by atoms with Crippen LogP contribution in [0.5, 0.6) is 0 Å². The van der Waals surface area contributed by atoms with Crippen LogP contribution >= 0.6 is 0 Å². The number of amides is 1. The van der Waals surface area contributed by atoms with Crippen molar-refractivity contribution in [2.75, 3.05) is 26.7 Å². The highest BCUT2D eigenvalue weighted by atomic mass is 16.4. The minimum Gasteiger partial charge on any atom is -0.480 e. The van der Waals surface area contributed by atoms with E-state index in [1.165, 1.54) is 0 Å². The molecular formula is C13H18N2O4. The zero-order chi connectivity index (χ0) is 14.3. The average molecular weight is 266 g/mol. The monoisotopic (exact) mass is 266 g/mol. The molecule has 0 radical (unpaired) electrons. The van der Waals surface area contributed by atoms with Gasteiger partial charge in [-0.1, -0.05) is 12.1 Å². The van der Waals surface area contributed by atoms with E-state index in [0.29, 0.717) is 18.7 Å². The second kappa shape index (κ2) is 7.50. The number of nitrogens with zero attached hydrogens (tertiary/aromatic N) is 1. The van der Waals surface area contributed by atoms with Gasteiger partial charge in [-0.3, -0.25) is 14.5 Å². The molecule has 6 heteroatoms. The predicted octanol–water partition coefficient (Wildman–Crippen LogP) is -0.0749. The Hall–Kier alpha value is -1.92. The predicted molar refractivity (Wildman–Crippen MR) is 69.8 cm³/mol. The second-order valence-corrected chi connectivity index (χ2v) is 4.24. The maximum Gasteiger partial charge on any atom is 0.322 e. The van der Waals surface area contributed by atoms with E-state index in [0.717, 1.165) is 5.56 Å². The molecular weight excluding hydrogens is 248 g/mol. The summed E-state index contributed by atoms with van der Waals surface area (Å²) in [6.45, 7) is 0.846. The number of carbonyl (C=O) groups excluding carboxylic acids is 1. The molecule has 0 saturated carbocycles. The molecule has 1 aromatic rings. The van der Waals surface area contributed by atoms with E-state index in [9.17, 15) is 9.59 Å². The number of nitrogens with one attached hydrogen (secondary N) is 1. The van der Waals surface area contributed by atoms with Crippen LogP contribution in [0.25, 0.3) is 0 Å². The molecule has 1 amide bonds. The van der Waals surface area contributed by atoms with Gasteiger partial charge in [-0.25, -0.2) is 0 Å². The maximum absolute atomic E-state index is 11.7. The maximum atomic E-state index is 11.7. The molecule has 0 unspecified atom stereocenters. The number of carbonyl (C=O) groups is 2. The van der Waals surface area contributed by atoms with Gasteiger partial charge in [0.1, 0.15) is 6.54 Å². The van der Waals surface area contributed by atoms with Crippen molar-refractivity contribution in [1.82, 2.24) is 10.2 Å². The number of hydrogen-bond acceptors (Lipinski definition) is 4. The molecule has 6 nitrogen and oxygen atoms in total. The fourth-order valence-electron chi connectivity index (χ4n) is 1.63. The van der Waals surface area contributed by atoms with Gasteiger partial charge in [0.15, 0.2) is 0 Å². The summed E-state index contributed by atoms with van der Waals surface area (Å²) in [4.78, 5) is 24.0. The Morgan fingerprint density at radius 2 is 2.11 bits per heavy atom. The first-order valence-corrected chi connectivity index (χ1v) is 5.91. The fourth-order valence-corrected chi connectivity index (χ4v) is 1.63. The van der Waals surface area contributed by atoms with Gasteiger partial charge >= 0.3 is 5.97 Å². The number of aliphatic hydroxyl groups is 1. The molecule has 3 N–H and O–H groups in total. The largest absolute Gasteiger partial charge is 0.480 e.